The highest BCUT2D eigenvalue weighted by atomic mass is 16.2. The van der Waals surface area contributed by atoms with E-state index in [1.807, 2.05) is 4.90 Å². The number of aromatic nitrogens is 4. The molecule has 18 heavy (non-hydrogen) atoms. The Morgan fingerprint density at radius 3 is 2.83 bits per heavy atom. The fourth-order valence-corrected chi connectivity index (χ4v) is 3.32. The largest absolute Gasteiger partial charge is 0.341 e. The van der Waals surface area contributed by atoms with Gasteiger partial charge < -0.3 is 4.90 Å². The Labute approximate surface area is 106 Å². The van der Waals surface area contributed by atoms with Gasteiger partial charge in [0.1, 0.15) is 12.9 Å². The third-order valence-corrected chi connectivity index (χ3v) is 4.33. The molecule has 6 nitrogen and oxygen atoms in total. The monoisotopic (exact) mass is 249 g/mol. The zero-order chi connectivity index (χ0) is 12.4. The summed E-state index contributed by atoms with van der Waals surface area (Å²) in [5.41, 5.74) is 0. The molecular weight excluding hydrogens is 230 g/mol. The molecule has 2 aliphatic rings. The minimum Gasteiger partial charge on any atom is -0.341 e. The highest BCUT2D eigenvalue weighted by Gasteiger charge is 2.32. The number of hydrogen-bond donors (Lipinski definition) is 0. The third kappa shape index (κ3) is 2.37. The number of amides is 1. The van der Waals surface area contributed by atoms with Gasteiger partial charge in [0.2, 0.25) is 5.91 Å². The van der Waals surface area contributed by atoms with Crippen LogP contribution in [0.4, 0.5) is 0 Å². The van der Waals surface area contributed by atoms with E-state index in [9.17, 15) is 4.79 Å². The predicted octanol–water partition coefficient (Wildman–Crippen LogP) is 0.712. The number of carbonyl (C=O) groups excluding carboxylic acids is 1. The minimum absolute atomic E-state index is 0.145. The van der Waals surface area contributed by atoms with Gasteiger partial charge in [-0.15, -0.1) is 5.10 Å². The molecule has 0 bridgehead atoms. The molecule has 0 N–H and O–H groups in total. The van der Waals surface area contributed by atoms with Crippen molar-refractivity contribution in [3.05, 3.63) is 6.33 Å². The van der Waals surface area contributed by atoms with Gasteiger partial charge in [-0.05, 0) is 35.1 Å². The Morgan fingerprint density at radius 2 is 2.06 bits per heavy atom. The lowest BCUT2D eigenvalue weighted by molar-refractivity contribution is -0.135. The minimum atomic E-state index is 0.145. The molecule has 1 aromatic rings. The van der Waals surface area contributed by atoms with Gasteiger partial charge in [0.25, 0.3) is 0 Å². The summed E-state index contributed by atoms with van der Waals surface area (Å²) in [5, 5.41) is 10.8. The molecule has 6 heteroatoms. The lowest BCUT2D eigenvalue weighted by Crippen LogP contribution is -2.45. The van der Waals surface area contributed by atoms with Gasteiger partial charge in [0.15, 0.2) is 0 Å². The lowest BCUT2D eigenvalue weighted by Gasteiger charge is -2.41. The van der Waals surface area contributed by atoms with Crippen molar-refractivity contribution >= 4 is 5.91 Å². The van der Waals surface area contributed by atoms with Crippen LogP contribution < -0.4 is 0 Å². The first kappa shape index (κ1) is 11.6. The van der Waals surface area contributed by atoms with Gasteiger partial charge in [0, 0.05) is 13.1 Å². The molecule has 1 saturated heterocycles. The zero-order valence-corrected chi connectivity index (χ0v) is 10.5. The summed E-state index contributed by atoms with van der Waals surface area (Å²) < 4.78 is 1.50. The van der Waals surface area contributed by atoms with E-state index in [0.717, 1.165) is 24.9 Å². The average Bonchev–Trinajstić information content (AvgIpc) is 2.91. The highest BCUT2D eigenvalue weighted by Crippen LogP contribution is 2.35. The smallest absolute Gasteiger partial charge is 0.244 e. The van der Waals surface area contributed by atoms with E-state index in [2.05, 4.69) is 15.5 Å². The van der Waals surface area contributed by atoms with E-state index >= 15 is 0 Å². The zero-order valence-electron chi connectivity index (χ0n) is 10.5. The van der Waals surface area contributed by atoms with E-state index < -0.39 is 0 Å². The molecule has 0 unspecified atom stereocenters. The maximum atomic E-state index is 12.1. The average molecular weight is 249 g/mol. The van der Waals surface area contributed by atoms with Crippen molar-refractivity contribution in [3.8, 4) is 0 Å². The Morgan fingerprint density at radius 1 is 1.22 bits per heavy atom. The Bertz CT molecular complexity index is 405. The fourth-order valence-electron chi connectivity index (χ4n) is 3.32. The van der Waals surface area contributed by atoms with Crippen LogP contribution in [0.1, 0.15) is 32.1 Å². The lowest BCUT2D eigenvalue weighted by atomic mass is 9.75. The van der Waals surface area contributed by atoms with E-state index in [4.69, 9.17) is 0 Å². The van der Waals surface area contributed by atoms with Crippen molar-refractivity contribution in [2.24, 2.45) is 11.8 Å². The maximum absolute atomic E-state index is 12.1. The number of rotatable bonds is 2. The van der Waals surface area contributed by atoms with Gasteiger partial charge in [-0.2, -0.15) is 0 Å². The van der Waals surface area contributed by atoms with Gasteiger partial charge in [-0.3, -0.25) is 4.79 Å². The van der Waals surface area contributed by atoms with E-state index in [1.54, 1.807) is 0 Å². The molecule has 0 spiro atoms. The number of nitrogens with zero attached hydrogens (tertiary/aromatic N) is 5. The molecule has 98 valence electrons. The first-order chi connectivity index (χ1) is 8.83. The fraction of sp³-hybridized carbons (Fsp3) is 0.833. The quantitative estimate of drug-likeness (QED) is 0.774. The first-order valence-corrected chi connectivity index (χ1v) is 6.81. The van der Waals surface area contributed by atoms with E-state index in [-0.39, 0.29) is 12.5 Å². The normalized spacial score (nSPS) is 27.9. The summed E-state index contributed by atoms with van der Waals surface area (Å²) >= 11 is 0. The summed E-state index contributed by atoms with van der Waals surface area (Å²) in [6.07, 6.45) is 8.02. The third-order valence-electron chi connectivity index (χ3n) is 4.33. The highest BCUT2D eigenvalue weighted by molar-refractivity contribution is 5.76. The summed E-state index contributed by atoms with van der Waals surface area (Å²) in [7, 11) is 0. The van der Waals surface area contributed by atoms with Crippen LogP contribution in [-0.2, 0) is 11.3 Å². The number of fused-ring (bicyclic) bond motifs is 1. The van der Waals surface area contributed by atoms with Crippen molar-refractivity contribution in [2.75, 3.05) is 13.1 Å². The SMILES string of the molecule is O=C(Cn1cnnn1)N1CC[C@@H]2CCCC[C@H]2C1. The van der Waals surface area contributed by atoms with Gasteiger partial charge >= 0.3 is 0 Å². The maximum Gasteiger partial charge on any atom is 0.244 e. The summed E-state index contributed by atoms with van der Waals surface area (Å²) in [6.45, 7) is 2.11. The second-order valence-corrected chi connectivity index (χ2v) is 5.44. The number of likely N-dealkylation sites (tertiary alicyclic amines) is 1. The van der Waals surface area contributed by atoms with Crippen LogP contribution in [0.3, 0.4) is 0 Å². The summed E-state index contributed by atoms with van der Waals surface area (Å²) in [6, 6.07) is 0. The van der Waals surface area contributed by atoms with Crippen molar-refractivity contribution < 1.29 is 4.79 Å². The molecule has 1 aliphatic carbocycles. The van der Waals surface area contributed by atoms with Gasteiger partial charge in [-0.1, -0.05) is 19.3 Å². The molecule has 1 amide bonds. The van der Waals surface area contributed by atoms with Crippen LogP contribution in [0.15, 0.2) is 6.33 Å². The van der Waals surface area contributed by atoms with Crippen LogP contribution in [0.2, 0.25) is 0 Å². The Kier molecular flexibility index (Phi) is 3.25. The second-order valence-electron chi connectivity index (χ2n) is 5.44. The molecule has 1 saturated carbocycles. The Balaban J connectivity index is 1.58. The van der Waals surface area contributed by atoms with Crippen molar-refractivity contribution in [1.29, 1.82) is 0 Å². The predicted molar refractivity (Wildman–Crippen MR) is 64.5 cm³/mol. The molecule has 2 atom stereocenters. The number of hydrogen-bond acceptors (Lipinski definition) is 4. The molecule has 2 heterocycles. The molecule has 0 aromatic carbocycles. The van der Waals surface area contributed by atoms with Crippen molar-refractivity contribution in [1.82, 2.24) is 25.1 Å². The van der Waals surface area contributed by atoms with Crippen LogP contribution >= 0.6 is 0 Å². The summed E-state index contributed by atoms with van der Waals surface area (Å²) in [4.78, 5) is 14.1. The van der Waals surface area contributed by atoms with E-state index in [0.29, 0.717) is 0 Å². The first-order valence-electron chi connectivity index (χ1n) is 6.81. The molecule has 2 fully saturated rings. The van der Waals surface area contributed by atoms with Crippen molar-refractivity contribution in [3.63, 3.8) is 0 Å². The Hall–Kier alpha value is -1.46. The van der Waals surface area contributed by atoms with Gasteiger partial charge in [0.05, 0.1) is 0 Å². The van der Waals surface area contributed by atoms with Crippen LogP contribution in [0.25, 0.3) is 0 Å². The molecule has 1 aromatic heterocycles. The molecule has 1 aliphatic heterocycles. The molecule has 0 radical (unpaired) electrons. The topological polar surface area (TPSA) is 63.9 Å². The number of piperidine rings is 1. The number of tetrazole rings is 1. The van der Waals surface area contributed by atoms with Crippen molar-refractivity contribution in [2.45, 2.75) is 38.6 Å². The second kappa shape index (κ2) is 5.04. The number of carbonyl (C=O) groups is 1. The van der Waals surface area contributed by atoms with Crippen LogP contribution in [0.5, 0.6) is 0 Å². The van der Waals surface area contributed by atoms with Crippen LogP contribution in [-0.4, -0.2) is 44.1 Å². The van der Waals surface area contributed by atoms with Gasteiger partial charge in [-0.25, -0.2) is 4.68 Å². The standard InChI is InChI=1S/C12H19N5O/c18-12(8-17-9-13-14-15-17)16-6-5-10-3-1-2-4-11(10)7-16/h9-11H,1-8H2/t10-,11-/m0/s1. The van der Waals surface area contributed by atoms with E-state index in [1.165, 1.54) is 43.1 Å². The summed E-state index contributed by atoms with van der Waals surface area (Å²) in [5.74, 6) is 1.73. The molecule has 3 rings (SSSR count). The van der Waals surface area contributed by atoms with Crippen LogP contribution in [0, 0.1) is 11.8 Å². The molecular formula is C12H19N5O.